The van der Waals surface area contributed by atoms with Crippen molar-refractivity contribution in [1.29, 1.82) is 0 Å². The molecule has 0 spiro atoms. The number of rotatable bonds is 4. The van der Waals surface area contributed by atoms with Gasteiger partial charge in [0.15, 0.2) is 0 Å². The zero-order chi connectivity index (χ0) is 17.4. The first-order valence-electron chi connectivity index (χ1n) is 8.35. The summed E-state index contributed by atoms with van der Waals surface area (Å²) >= 11 is 0. The largest absolute Gasteiger partial charge is 0.439 e. The van der Waals surface area contributed by atoms with Gasteiger partial charge in [0.25, 0.3) is 0 Å². The zero-order valence-corrected chi connectivity index (χ0v) is 14.3. The minimum absolute atomic E-state index is 0.367. The van der Waals surface area contributed by atoms with Crippen molar-refractivity contribution in [2.75, 3.05) is 6.54 Å². The molecule has 0 aliphatic carbocycles. The molecule has 1 aromatic heterocycles. The molecule has 0 bridgehead atoms. The molecule has 1 amide bonds. The van der Waals surface area contributed by atoms with Crippen molar-refractivity contribution < 1.29 is 9.53 Å². The predicted molar refractivity (Wildman–Crippen MR) is 95.3 cm³/mol. The van der Waals surface area contributed by atoms with Crippen LogP contribution in [0, 0.1) is 0 Å². The van der Waals surface area contributed by atoms with E-state index >= 15 is 0 Å². The van der Waals surface area contributed by atoms with Crippen molar-refractivity contribution in [1.82, 2.24) is 10.3 Å². The SMILES string of the molecule is CC1CCCN1.CCc1ccccc1Oc1ccc(C(N)=O)cn1. The highest BCUT2D eigenvalue weighted by Crippen LogP contribution is 2.24. The fourth-order valence-corrected chi connectivity index (χ4v) is 2.45. The number of nitrogens with two attached hydrogens (primary N) is 1. The lowest BCUT2D eigenvalue weighted by atomic mass is 10.1. The van der Waals surface area contributed by atoms with E-state index in [1.807, 2.05) is 24.3 Å². The maximum atomic E-state index is 10.9. The standard InChI is InChI=1S/C14H14N2O2.C5H11N/c1-2-10-5-3-4-6-12(10)18-13-8-7-11(9-16-13)14(15)17;1-5-3-2-4-6-5/h3-9H,2H2,1H3,(H2,15,17);5-6H,2-4H2,1H3. The van der Waals surface area contributed by atoms with Gasteiger partial charge in [-0.2, -0.15) is 0 Å². The maximum Gasteiger partial charge on any atom is 0.250 e. The maximum absolute atomic E-state index is 10.9. The van der Waals surface area contributed by atoms with Crippen LogP contribution in [0.25, 0.3) is 0 Å². The molecule has 0 radical (unpaired) electrons. The molecular formula is C19H25N3O2. The van der Waals surface area contributed by atoms with Gasteiger partial charge in [-0.3, -0.25) is 4.79 Å². The molecule has 1 unspecified atom stereocenters. The summed E-state index contributed by atoms with van der Waals surface area (Å²) < 4.78 is 5.67. The number of primary amides is 1. The Morgan fingerprint density at radius 2 is 2.12 bits per heavy atom. The molecule has 3 N–H and O–H groups in total. The van der Waals surface area contributed by atoms with E-state index in [-0.39, 0.29) is 0 Å². The first-order valence-corrected chi connectivity index (χ1v) is 8.35. The zero-order valence-electron chi connectivity index (χ0n) is 14.3. The summed E-state index contributed by atoms with van der Waals surface area (Å²) in [6.07, 6.45) is 5.04. The molecule has 128 valence electrons. The molecule has 24 heavy (non-hydrogen) atoms. The second-order valence-corrected chi connectivity index (χ2v) is 5.81. The van der Waals surface area contributed by atoms with Gasteiger partial charge in [-0.15, -0.1) is 0 Å². The summed E-state index contributed by atoms with van der Waals surface area (Å²) in [7, 11) is 0. The molecular weight excluding hydrogens is 302 g/mol. The van der Waals surface area contributed by atoms with Crippen LogP contribution in [0.2, 0.25) is 0 Å². The molecule has 5 heteroatoms. The normalized spacial score (nSPS) is 16.2. The van der Waals surface area contributed by atoms with Crippen molar-refractivity contribution >= 4 is 5.91 Å². The van der Waals surface area contributed by atoms with Gasteiger partial charge in [0.1, 0.15) is 5.75 Å². The van der Waals surface area contributed by atoms with Gasteiger partial charge in [0.05, 0.1) is 5.56 Å². The third-order valence-corrected chi connectivity index (χ3v) is 3.90. The van der Waals surface area contributed by atoms with E-state index < -0.39 is 5.91 Å². The average Bonchev–Trinajstić information content (AvgIpc) is 3.07. The fraction of sp³-hybridized carbons (Fsp3) is 0.368. The van der Waals surface area contributed by atoms with E-state index in [9.17, 15) is 4.79 Å². The third kappa shape index (κ3) is 5.35. The van der Waals surface area contributed by atoms with Gasteiger partial charge in [0.2, 0.25) is 11.8 Å². The predicted octanol–water partition coefficient (Wildman–Crippen LogP) is 3.29. The van der Waals surface area contributed by atoms with E-state index in [0.717, 1.165) is 23.8 Å². The van der Waals surface area contributed by atoms with E-state index in [4.69, 9.17) is 10.5 Å². The van der Waals surface area contributed by atoms with E-state index in [1.54, 1.807) is 12.1 Å². The Balaban J connectivity index is 0.000000292. The lowest BCUT2D eigenvalue weighted by Crippen LogP contribution is -2.16. The Labute approximate surface area is 143 Å². The van der Waals surface area contributed by atoms with Gasteiger partial charge in [-0.1, -0.05) is 25.1 Å². The van der Waals surface area contributed by atoms with Gasteiger partial charge < -0.3 is 15.8 Å². The number of nitrogens with zero attached hydrogens (tertiary/aromatic N) is 1. The summed E-state index contributed by atoms with van der Waals surface area (Å²) in [5, 5.41) is 3.32. The van der Waals surface area contributed by atoms with Gasteiger partial charge >= 0.3 is 0 Å². The minimum Gasteiger partial charge on any atom is -0.439 e. The lowest BCUT2D eigenvalue weighted by Gasteiger charge is -2.08. The van der Waals surface area contributed by atoms with Crippen molar-refractivity contribution in [3.63, 3.8) is 0 Å². The van der Waals surface area contributed by atoms with Crippen molar-refractivity contribution in [2.24, 2.45) is 5.73 Å². The Morgan fingerprint density at radius 1 is 1.33 bits per heavy atom. The molecule has 2 heterocycles. The Hall–Kier alpha value is -2.40. The second-order valence-electron chi connectivity index (χ2n) is 5.81. The van der Waals surface area contributed by atoms with Gasteiger partial charge in [-0.25, -0.2) is 4.98 Å². The first kappa shape index (κ1) is 17.9. The Kier molecular flexibility index (Phi) is 6.75. The highest BCUT2D eigenvalue weighted by Gasteiger charge is 2.06. The van der Waals surface area contributed by atoms with Gasteiger partial charge in [0, 0.05) is 18.3 Å². The molecule has 1 fully saturated rings. The van der Waals surface area contributed by atoms with Crippen LogP contribution in [0.1, 0.15) is 42.6 Å². The summed E-state index contributed by atoms with van der Waals surface area (Å²) in [5.74, 6) is 0.725. The van der Waals surface area contributed by atoms with Crippen LogP contribution < -0.4 is 15.8 Å². The molecule has 0 saturated carbocycles. The number of para-hydroxylation sites is 1. The molecule has 1 saturated heterocycles. The number of carbonyl (C=O) groups is 1. The number of hydrogen-bond acceptors (Lipinski definition) is 4. The topological polar surface area (TPSA) is 77.2 Å². The minimum atomic E-state index is -0.497. The molecule has 3 rings (SSSR count). The van der Waals surface area contributed by atoms with Crippen LogP contribution in [-0.2, 0) is 6.42 Å². The number of hydrogen-bond donors (Lipinski definition) is 2. The van der Waals surface area contributed by atoms with Gasteiger partial charge in [-0.05, 0) is 50.4 Å². The summed E-state index contributed by atoms with van der Waals surface area (Å²) in [6, 6.07) is 11.8. The van der Waals surface area contributed by atoms with Crippen LogP contribution in [0.4, 0.5) is 0 Å². The van der Waals surface area contributed by atoms with E-state index in [1.165, 1.54) is 25.6 Å². The smallest absolute Gasteiger partial charge is 0.250 e. The molecule has 1 atom stereocenters. The highest BCUT2D eigenvalue weighted by molar-refractivity contribution is 5.92. The number of benzene rings is 1. The van der Waals surface area contributed by atoms with Crippen LogP contribution in [0.15, 0.2) is 42.6 Å². The number of amides is 1. The Morgan fingerprint density at radius 3 is 2.62 bits per heavy atom. The van der Waals surface area contributed by atoms with E-state index in [2.05, 4.69) is 24.1 Å². The molecule has 1 aliphatic rings. The second kappa shape index (κ2) is 9.03. The fourth-order valence-electron chi connectivity index (χ4n) is 2.45. The molecule has 2 aromatic rings. The van der Waals surface area contributed by atoms with Crippen molar-refractivity contribution in [3.05, 3.63) is 53.7 Å². The Bertz CT molecular complexity index is 650. The van der Waals surface area contributed by atoms with Crippen molar-refractivity contribution in [3.8, 4) is 11.6 Å². The summed E-state index contributed by atoms with van der Waals surface area (Å²) in [5.41, 5.74) is 6.62. The number of carbonyl (C=O) groups excluding carboxylic acids is 1. The molecule has 5 nitrogen and oxygen atoms in total. The van der Waals surface area contributed by atoms with Crippen LogP contribution >= 0.6 is 0 Å². The van der Waals surface area contributed by atoms with E-state index in [0.29, 0.717) is 11.4 Å². The molecule has 1 aliphatic heterocycles. The average molecular weight is 327 g/mol. The molecule has 1 aromatic carbocycles. The first-order chi connectivity index (χ1) is 11.6. The number of nitrogens with one attached hydrogen (secondary N) is 1. The summed E-state index contributed by atoms with van der Waals surface area (Å²) in [6.45, 7) is 5.53. The quantitative estimate of drug-likeness (QED) is 0.903. The number of aryl methyl sites for hydroxylation is 1. The monoisotopic (exact) mass is 327 g/mol. The van der Waals surface area contributed by atoms with Crippen LogP contribution in [-0.4, -0.2) is 23.5 Å². The number of pyridine rings is 1. The van der Waals surface area contributed by atoms with Crippen molar-refractivity contribution in [2.45, 2.75) is 39.2 Å². The third-order valence-electron chi connectivity index (χ3n) is 3.90. The number of aromatic nitrogens is 1. The number of ether oxygens (including phenoxy) is 1. The highest BCUT2D eigenvalue weighted by atomic mass is 16.5. The lowest BCUT2D eigenvalue weighted by molar-refractivity contribution is 0.1000. The van der Waals surface area contributed by atoms with Crippen LogP contribution in [0.3, 0.4) is 0 Å². The van der Waals surface area contributed by atoms with Crippen LogP contribution in [0.5, 0.6) is 11.6 Å². The summed E-state index contributed by atoms with van der Waals surface area (Å²) in [4.78, 5) is 15.0.